The molecule has 0 saturated carbocycles. The summed E-state index contributed by atoms with van der Waals surface area (Å²) in [5.41, 5.74) is 0. The van der Waals surface area contributed by atoms with Crippen molar-refractivity contribution in [3.63, 3.8) is 0 Å². The van der Waals surface area contributed by atoms with Crippen molar-refractivity contribution in [2.75, 3.05) is 63.6 Å². The average molecular weight is 415 g/mol. The zero-order chi connectivity index (χ0) is 19.5. The Morgan fingerprint density at radius 3 is 2.67 bits per heavy atom. The van der Waals surface area contributed by atoms with E-state index in [4.69, 9.17) is 4.74 Å². The Morgan fingerprint density at radius 1 is 1.30 bits per heavy atom. The van der Waals surface area contributed by atoms with Crippen molar-refractivity contribution in [2.45, 2.75) is 6.92 Å². The van der Waals surface area contributed by atoms with Gasteiger partial charge in [0.1, 0.15) is 12.4 Å². The van der Waals surface area contributed by atoms with Gasteiger partial charge in [0.2, 0.25) is 10.0 Å². The van der Waals surface area contributed by atoms with Crippen molar-refractivity contribution in [3.05, 3.63) is 30.3 Å². The second-order valence-corrected chi connectivity index (χ2v) is 9.46. The molecule has 1 fully saturated rings. The molecule has 0 atom stereocenters. The molecule has 1 aromatic carbocycles. The Bertz CT molecular complexity index is 677. The minimum atomic E-state index is -3.23. The largest absolute Gasteiger partial charge is 0.492 e. The summed E-state index contributed by atoms with van der Waals surface area (Å²) in [7, 11) is -1.31. The molecule has 1 heterocycles. The lowest BCUT2D eigenvalue weighted by Crippen LogP contribution is -2.42. The maximum absolute atomic E-state index is 12.4. The highest BCUT2D eigenvalue weighted by Gasteiger charge is 2.23. The summed E-state index contributed by atoms with van der Waals surface area (Å²) >= 11 is 1.80. The van der Waals surface area contributed by atoms with E-state index in [1.54, 1.807) is 16.1 Å². The first-order valence-electron chi connectivity index (χ1n) is 9.26. The van der Waals surface area contributed by atoms with Gasteiger partial charge in [-0.1, -0.05) is 18.2 Å². The van der Waals surface area contributed by atoms with Crippen molar-refractivity contribution in [1.29, 1.82) is 0 Å². The summed E-state index contributed by atoms with van der Waals surface area (Å²) in [4.78, 5) is 6.44. The number of sulfonamides is 1. The van der Waals surface area contributed by atoms with Crippen molar-refractivity contribution < 1.29 is 13.2 Å². The third-order valence-corrected chi connectivity index (χ3v) is 6.90. The third-order valence-electron chi connectivity index (χ3n) is 4.11. The summed E-state index contributed by atoms with van der Waals surface area (Å²) in [5.74, 6) is 3.31. The van der Waals surface area contributed by atoms with Gasteiger partial charge in [0, 0.05) is 38.2 Å². The molecule has 1 aromatic rings. The Labute approximate surface area is 167 Å². The van der Waals surface area contributed by atoms with Crippen LogP contribution in [0.2, 0.25) is 0 Å². The molecule has 0 spiro atoms. The van der Waals surface area contributed by atoms with Gasteiger partial charge in [-0.25, -0.2) is 12.7 Å². The second kappa shape index (κ2) is 11.4. The molecule has 9 heteroatoms. The predicted molar refractivity (Wildman–Crippen MR) is 113 cm³/mol. The van der Waals surface area contributed by atoms with E-state index in [2.05, 4.69) is 10.3 Å². The molecule has 1 saturated heterocycles. The number of nitrogens with zero attached hydrogens (tertiary/aromatic N) is 3. The first kappa shape index (κ1) is 21.8. The number of hydrogen-bond acceptors (Lipinski definition) is 5. The molecule has 2 rings (SSSR count). The van der Waals surface area contributed by atoms with E-state index in [0.29, 0.717) is 32.2 Å². The molecular weight excluding hydrogens is 384 g/mol. The fourth-order valence-electron chi connectivity index (χ4n) is 2.61. The van der Waals surface area contributed by atoms with Gasteiger partial charge in [-0.05, 0) is 19.1 Å². The van der Waals surface area contributed by atoms with Gasteiger partial charge in [-0.2, -0.15) is 11.8 Å². The Balaban J connectivity index is 1.82. The molecule has 1 aliphatic rings. The molecular formula is C18H30N4O3S2. The zero-order valence-corrected chi connectivity index (χ0v) is 17.8. The van der Waals surface area contributed by atoms with Gasteiger partial charge < -0.3 is 15.0 Å². The maximum Gasteiger partial charge on any atom is 0.215 e. The summed E-state index contributed by atoms with van der Waals surface area (Å²) in [5, 5.41) is 3.21. The van der Waals surface area contributed by atoms with E-state index in [-0.39, 0.29) is 12.3 Å². The van der Waals surface area contributed by atoms with Crippen molar-refractivity contribution in [3.8, 4) is 5.75 Å². The topological polar surface area (TPSA) is 74.2 Å². The highest BCUT2D eigenvalue weighted by Crippen LogP contribution is 2.13. The summed E-state index contributed by atoms with van der Waals surface area (Å²) in [6.07, 6.45) is 0. The number of ether oxygens (including phenoxy) is 1. The van der Waals surface area contributed by atoms with Gasteiger partial charge in [0.15, 0.2) is 5.96 Å². The average Bonchev–Trinajstić information content (AvgIpc) is 2.68. The molecule has 0 radical (unpaired) electrons. The fourth-order valence-corrected chi connectivity index (χ4v) is 5.07. The van der Waals surface area contributed by atoms with Gasteiger partial charge in [0.25, 0.3) is 0 Å². The molecule has 1 aliphatic heterocycles. The van der Waals surface area contributed by atoms with Gasteiger partial charge >= 0.3 is 0 Å². The summed E-state index contributed by atoms with van der Waals surface area (Å²) in [6, 6.07) is 9.66. The van der Waals surface area contributed by atoms with Crippen molar-refractivity contribution in [1.82, 2.24) is 14.5 Å². The highest BCUT2D eigenvalue weighted by atomic mass is 32.2. The first-order valence-corrected chi connectivity index (χ1v) is 12.0. The van der Waals surface area contributed by atoms with Crippen LogP contribution in [0.25, 0.3) is 0 Å². The predicted octanol–water partition coefficient (Wildman–Crippen LogP) is 1.34. The minimum Gasteiger partial charge on any atom is -0.492 e. The van der Waals surface area contributed by atoms with Crippen LogP contribution in [0.1, 0.15) is 6.92 Å². The van der Waals surface area contributed by atoms with Gasteiger partial charge in [0.05, 0.1) is 18.8 Å². The second-order valence-electron chi connectivity index (χ2n) is 6.15. The van der Waals surface area contributed by atoms with Crippen LogP contribution in [-0.2, 0) is 10.0 Å². The lowest BCUT2D eigenvalue weighted by molar-refractivity contribution is 0.281. The Kier molecular flexibility index (Phi) is 9.23. The number of nitrogens with one attached hydrogen (secondary N) is 1. The summed E-state index contributed by atoms with van der Waals surface area (Å²) in [6.45, 7) is 5.34. The Morgan fingerprint density at radius 2 is 2.00 bits per heavy atom. The van der Waals surface area contributed by atoms with Crippen molar-refractivity contribution >= 4 is 27.7 Å². The van der Waals surface area contributed by atoms with E-state index in [1.165, 1.54) is 0 Å². The molecule has 0 unspecified atom stereocenters. The molecule has 27 heavy (non-hydrogen) atoms. The van der Waals surface area contributed by atoms with Crippen LogP contribution < -0.4 is 10.1 Å². The molecule has 1 N–H and O–H groups in total. The fraction of sp³-hybridized carbons (Fsp3) is 0.611. The van der Waals surface area contributed by atoms with Crippen LogP contribution in [0.5, 0.6) is 5.75 Å². The molecule has 0 amide bonds. The maximum atomic E-state index is 12.4. The molecule has 0 aromatic heterocycles. The lowest BCUT2D eigenvalue weighted by Gasteiger charge is -2.25. The van der Waals surface area contributed by atoms with Crippen LogP contribution >= 0.6 is 11.8 Å². The first-order chi connectivity index (χ1) is 13.0. The number of para-hydroxylation sites is 1. The van der Waals surface area contributed by atoms with E-state index < -0.39 is 10.0 Å². The number of aliphatic imine (C=N–C) groups is 1. The van der Waals surface area contributed by atoms with Crippen LogP contribution in [0, 0.1) is 0 Å². The van der Waals surface area contributed by atoms with E-state index in [1.807, 2.05) is 49.2 Å². The number of thioether (sulfide) groups is 1. The van der Waals surface area contributed by atoms with E-state index in [0.717, 1.165) is 23.8 Å². The Hall–Kier alpha value is -1.45. The monoisotopic (exact) mass is 414 g/mol. The molecule has 7 nitrogen and oxygen atoms in total. The molecule has 152 valence electrons. The van der Waals surface area contributed by atoms with E-state index in [9.17, 15) is 8.42 Å². The van der Waals surface area contributed by atoms with Crippen molar-refractivity contribution in [2.24, 2.45) is 4.99 Å². The van der Waals surface area contributed by atoms with Crippen LogP contribution in [-0.4, -0.2) is 87.2 Å². The van der Waals surface area contributed by atoms with Crippen LogP contribution in [0.4, 0.5) is 0 Å². The number of rotatable bonds is 9. The van der Waals surface area contributed by atoms with Gasteiger partial charge in [-0.3, -0.25) is 4.99 Å². The van der Waals surface area contributed by atoms with E-state index >= 15 is 0 Å². The standard InChI is InChI=1S/C18H30N4O3S2/c1-3-19-18(21(2)10-13-25-17-7-5-4-6-8-17)20-9-16-27(23,24)22-11-14-26-15-12-22/h4-8H,3,9-16H2,1-2H3,(H,19,20). The highest BCUT2D eigenvalue weighted by molar-refractivity contribution is 7.99. The number of hydrogen-bond donors (Lipinski definition) is 1. The van der Waals surface area contributed by atoms with Crippen LogP contribution in [0.3, 0.4) is 0 Å². The van der Waals surface area contributed by atoms with Gasteiger partial charge in [-0.15, -0.1) is 0 Å². The zero-order valence-electron chi connectivity index (χ0n) is 16.1. The quantitative estimate of drug-likeness (QED) is 0.486. The number of likely N-dealkylation sites (N-methyl/N-ethyl adjacent to an activating group) is 1. The lowest BCUT2D eigenvalue weighted by atomic mass is 10.3. The molecule has 0 bridgehead atoms. The smallest absolute Gasteiger partial charge is 0.215 e. The summed E-state index contributed by atoms with van der Waals surface area (Å²) < 4.78 is 32.1. The number of guanidine groups is 1. The van der Waals surface area contributed by atoms with Crippen LogP contribution in [0.15, 0.2) is 35.3 Å². The SMILES string of the molecule is CCNC(=NCCS(=O)(=O)N1CCSCC1)N(C)CCOc1ccccc1. The third kappa shape index (κ3) is 7.59. The normalized spacial score (nSPS) is 16.1. The minimum absolute atomic E-state index is 0.0426. The number of benzene rings is 1. The molecule has 0 aliphatic carbocycles.